The van der Waals surface area contributed by atoms with Crippen molar-refractivity contribution in [1.82, 2.24) is 5.32 Å². The maximum atomic E-state index is 13.2. The number of rotatable bonds is 9. The van der Waals surface area contributed by atoms with Gasteiger partial charge in [-0.2, -0.15) is 26.3 Å². The molecule has 1 atom stereocenters. The molecule has 0 aliphatic heterocycles. The van der Waals surface area contributed by atoms with Gasteiger partial charge in [0.15, 0.2) is 5.11 Å². The molecule has 0 aromatic heterocycles. The Morgan fingerprint density at radius 2 is 0.947 bits per heavy atom. The van der Waals surface area contributed by atoms with E-state index in [1.54, 1.807) is 0 Å². The summed E-state index contributed by atoms with van der Waals surface area (Å²) in [5.74, 6) is 0.924. The molecule has 5 aromatic rings. The number of nitrogens with one attached hydrogen (secondary N) is 2. The molecule has 2 nitrogen and oxygen atoms in total. The molecule has 0 unspecified atom stereocenters. The third-order valence-electron chi connectivity index (χ3n) is 8.69. The van der Waals surface area contributed by atoms with E-state index in [2.05, 4.69) is 121 Å². The zero-order valence-corrected chi connectivity index (χ0v) is 34.0. The van der Waals surface area contributed by atoms with E-state index in [4.69, 9.17) is 12.2 Å². The van der Waals surface area contributed by atoms with Crippen LogP contribution in [0.4, 0.5) is 32.0 Å². The van der Waals surface area contributed by atoms with Crippen LogP contribution in [0.1, 0.15) is 18.1 Å². The molecule has 2 saturated carbocycles. The van der Waals surface area contributed by atoms with E-state index >= 15 is 0 Å². The minimum atomic E-state index is -4.95. The first kappa shape index (κ1) is 44.8. The molecular weight excluding hydrogens is 832 g/mol. The van der Waals surface area contributed by atoms with E-state index in [-0.39, 0.29) is 34.3 Å². The van der Waals surface area contributed by atoms with Gasteiger partial charge in [-0.25, -0.2) is 0 Å². The van der Waals surface area contributed by atoms with E-state index in [1.807, 2.05) is 62.6 Å². The number of anilines is 1. The minimum absolute atomic E-state index is 0. The van der Waals surface area contributed by atoms with E-state index in [0.717, 1.165) is 22.2 Å². The Morgan fingerprint density at radius 1 is 0.544 bits per heavy atom. The predicted molar refractivity (Wildman–Crippen MR) is 223 cm³/mol. The van der Waals surface area contributed by atoms with Crippen LogP contribution in [0.2, 0.25) is 0 Å². The molecule has 0 heterocycles. The molecule has 290 valence electrons. The Balaban J connectivity index is 0.000000272. The molecule has 2 fully saturated rings. The molecule has 12 heteroatoms. The number of thiocarbonyl (C=S) groups is 1. The average molecular weight is 869 g/mol. The van der Waals surface area contributed by atoms with Gasteiger partial charge in [-0.1, -0.05) is 121 Å². The number of hydrogen-bond donors (Lipinski definition) is 2. The quantitative estimate of drug-likeness (QED) is 0.0668. The van der Waals surface area contributed by atoms with Gasteiger partial charge in [0, 0.05) is 29.0 Å². The fourth-order valence-corrected chi connectivity index (χ4v) is 11.3. The molecule has 7 rings (SSSR count). The molecular formula is C45H36F6FeN2P2S+2. The van der Waals surface area contributed by atoms with Crippen molar-refractivity contribution in [3.05, 3.63) is 213 Å². The normalized spacial score (nSPS) is 15.8. The van der Waals surface area contributed by atoms with Crippen molar-refractivity contribution < 1.29 is 43.4 Å². The molecule has 0 bridgehead atoms. The standard InChI is InChI=1S/C28H22F6N2PS.C17H14P.Fe/c1-18(35-26(38)36-21-16-19(27(29,30)31)15-20(17-21)28(32,33)34)24-13-8-14-25(24)37(22-9-4-2-5-10-22)23-11-6-3-7-12-23;1-3-9-15(10-4-1)18(17-13-7-8-14-17)16-11-5-2-6-12-16;/h2-18H,1H3,(H2,35,36,38);1-14H;/q;;+2/t18-;;/m1../s1. The van der Waals surface area contributed by atoms with Crippen LogP contribution >= 0.6 is 28.1 Å². The summed E-state index contributed by atoms with van der Waals surface area (Å²) < 4.78 is 79.4. The van der Waals surface area contributed by atoms with Crippen LogP contribution in [0.15, 0.2) is 140 Å². The molecule has 2 aliphatic rings. The Hall–Kier alpha value is -3.25. The molecule has 5 aromatic carbocycles. The van der Waals surface area contributed by atoms with Crippen molar-refractivity contribution in [2.75, 3.05) is 5.32 Å². The van der Waals surface area contributed by atoms with Crippen molar-refractivity contribution in [3.8, 4) is 0 Å². The summed E-state index contributed by atoms with van der Waals surface area (Å²) >= 11 is 5.28. The number of alkyl halides is 6. The van der Waals surface area contributed by atoms with Crippen molar-refractivity contribution in [1.29, 1.82) is 0 Å². The topological polar surface area (TPSA) is 24.1 Å². The maximum absolute atomic E-state index is 13.2. The second-order valence-corrected chi connectivity index (χ2v) is 17.5. The van der Waals surface area contributed by atoms with Gasteiger partial charge in [0.25, 0.3) is 0 Å². The molecule has 57 heavy (non-hydrogen) atoms. The third-order valence-corrected chi connectivity index (χ3v) is 13.9. The molecule has 2 N–H and O–H groups in total. The van der Waals surface area contributed by atoms with Crippen LogP contribution < -0.4 is 31.9 Å². The fourth-order valence-electron chi connectivity index (χ4n) is 6.16. The van der Waals surface area contributed by atoms with Crippen LogP contribution in [0, 0.1) is 62.2 Å². The van der Waals surface area contributed by atoms with Gasteiger partial charge >= 0.3 is 29.4 Å². The number of hydrogen-bond acceptors (Lipinski definition) is 1. The summed E-state index contributed by atoms with van der Waals surface area (Å²) in [6.45, 7) is 1.84. The second kappa shape index (κ2) is 20.6. The van der Waals surface area contributed by atoms with Crippen LogP contribution in [0.25, 0.3) is 0 Å². The summed E-state index contributed by atoms with van der Waals surface area (Å²) in [6.07, 6.45) is 4.68. The van der Waals surface area contributed by atoms with Crippen LogP contribution in [0.3, 0.4) is 0 Å². The first-order chi connectivity index (χ1) is 26.9. The van der Waals surface area contributed by atoms with Crippen molar-refractivity contribution >= 4 is 60.1 Å². The average Bonchev–Trinajstić information content (AvgIpc) is 3.90. The second-order valence-electron chi connectivity index (χ2n) is 12.6. The molecule has 0 amide bonds. The summed E-state index contributed by atoms with van der Waals surface area (Å²) in [6, 6.07) is 42.5. The first-order valence-electron chi connectivity index (χ1n) is 17.5. The van der Waals surface area contributed by atoms with Gasteiger partial charge in [0.2, 0.25) is 0 Å². The van der Waals surface area contributed by atoms with Gasteiger partial charge < -0.3 is 10.6 Å². The van der Waals surface area contributed by atoms with E-state index < -0.39 is 45.0 Å². The van der Waals surface area contributed by atoms with Crippen molar-refractivity contribution in [2.45, 2.75) is 25.3 Å². The Kier molecular flexibility index (Phi) is 16.2. The smallest absolute Gasteiger partial charge is 0.359 e. The van der Waals surface area contributed by atoms with Crippen molar-refractivity contribution in [3.63, 3.8) is 0 Å². The van der Waals surface area contributed by atoms with E-state index in [0.29, 0.717) is 12.1 Å². The first-order valence-corrected chi connectivity index (χ1v) is 20.6. The van der Waals surface area contributed by atoms with E-state index in [9.17, 15) is 26.3 Å². The summed E-state index contributed by atoms with van der Waals surface area (Å²) in [5.41, 5.74) is -0.753. The van der Waals surface area contributed by atoms with Crippen LogP contribution in [-0.2, 0) is 29.4 Å². The van der Waals surface area contributed by atoms with Gasteiger partial charge in [-0.05, 0) is 119 Å². The van der Waals surface area contributed by atoms with Gasteiger partial charge in [0.1, 0.15) is 0 Å². The zero-order valence-electron chi connectivity index (χ0n) is 30.3. The van der Waals surface area contributed by atoms with Crippen LogP contribution in [-0.4, -0.2) is 11.2 Å². The maximum Gasteiger partial charge on any atom is 2.00 e. The monoisotopic (exact) mass is 868 g/mol. The van der Waals surface area contributed by atoms with Crippen LogP contribution in [0.5, 0.6) is 0 Å². The van der Waals surface area contributed by atoms with Gasteiger partial charge in [-0.3, -0.25) is 0 Å². The largest absolute Gasteiger partial charge is 2.00 e. The molecule has 0 saturated heterocycles. The summed E-state index contributed by atoms with van der Waals surface area (Å²) in [5, 5.41) is 10.5. The van der Waals surface area contributed by atoms with Crippen molar-refractivity contribution in [2.24, 2.45) is 0 Å². The minimum Gasteiger partial charge on any atom is -0.359 e. The Labute approximate surface area is 350 Å². The summed E-state index contributed by atoms with van der Waals surface area (Å²) in [4.78, 5) is 0. The molecule has 10 radical (unpaired) electrons. The Morgan fingerprint density at radius 3 is 1.35 bits per heavy atom. The number of halogens is 6. The fraction of sp³-hybridized carbons (Fsp3) is 0.0889. The zero-order chi connectivity index (χ0) is 39.7. The van der Waals surface area contributed by atoms with Gasteiger partial charge in [0.05, 0.1) is 11.1 Å². The Bertz CT molecular complexity index is 1870. The van der Waals surface area contributed by atoms with Gasteiger partial charge in [-0.15, -0.1) is 0 Å². The predicted octanol–water partition coefficient (Wildman–Crippen LogP) is 10.7. The SMILES string of the molecule is C[C@@H](NC(=S)Nc1cc(C(F)(F)F)cc(C(F)(F)F)c1)[C]1[CH][CH][CH][C]1P(c1ccccc1)c1ccccc1.[CH]1[CH][CH][C](P(c2ccccc2)c2ccccc2)[CH]1.[Fe+2]. The summed E-state index contributed by atoms with van der Waals surface area (Å²) in [7, 11) is -1.33. The third kappa shape index (κ3) is 12.1. The van der Waals surface area contributed by atoms with E-state index in [1.165, 1.54) is 16.3 Å². The number of benzene rings is 5. The molecule has 0 spiro atoms. The molecule has 2 aliphatic carbocycles.